The molecule has 0 saturated carbocycles. The minimum absolute atomic E-state index is 0.0513. The summed E-state index contributed by atoms with van der Waals surface area (Å²) in [6, 6.07) is 0. The van der Waals surface area contributed by atoms with E-state index >= 15 is 0 Å². The van der Waals surface area contributed by atoms with Gasteiger partial charge < -0.3 is 4.90 Å². The Hall–Kier alpha value is -1.10. The molecule has 5 nitrogen and oxygen atoms in total. The number of hydrazine groups is 1. The fraction of sp³-hybridized carbons (Fsp3) is 0.750. The maximum absolute atomic E-state index is 11.3. The molecule has 1 rings (SSSR count). The van der Waals surface area contributed by atoms with Crippen LogP contribution in [0.1, 0.15) is 19.8 Å². The van der Waals surface area contributed by atoms with E-state index in [9.17, 15) is 9.59 Å². The number of hydrogen-bond acceptors (Lipinski definition) is 3. The van der Waals surface area contributed by atoms with Crippen LogP contribution in [0.2, 0.25) is 0 Å². The molecule has 0 aliphatic carbocycles. The molecule has 74 valence electrons. The molecule has 0 spiro atoms. The minimum atomic E-state index is -0.260. The summed E-state index contributed by atoms with van der Waals surface area (Å²) < 4.78 is 0. The number of nitrogens with zero attached hydrogens (tertiary/aromatic N) is 1. The summed E-state index contributed by atoms with van der Waals surface area (Å²) in [6.45, 7) is 3.24. The fourth-order valence-corrected chi connectivity index (χ4v) is 1.55. The first-order valence-corrected chi connectivity index (χ1v) is 4.47. The van der Waals surface area contributed by atoms with Crippen molar-refractivity contribution in [3.05, 3.63) is 0 Å². The van der Waals surface area contributed by atoms with E-state index in [2.05, 4.69) is 5.43 Å². The van der Waals surface area contributed by atoms with Crippen molar-refractivity contribution in [3.63, 3.8) is 0 Å². The standard InChI is InChI=1S/C8H15N3O2/c1-2-3-11-5-6(4-7(11)12)8(13)10-9/h6H,2-5,9H2,1H3,(H,10,13)/t6-/m0/s1. The number of likely N-dealkylation sites (tertiary alicyclic amines) is 1. The van der Waals surface area contributed by atoms with Crippen molar-refractivity contribution in [2.45, 2.75) is 19.8 Å². The van der Waals surface area contributed by atoms with Crippen molar-refractivity contribution in [2.24, 2.45) is 11.8 Å². The predicted octanol–water partition coefficient (Wildman–Crippen LogP) is -0.765. The van der Waals surface area contributed by atoms with E-state index in [1.807, 2.05) is 6.92 Å². The Bertz CT molecular complexity index is 217. The molecule has 0 bridgehead atoms. The van der Waals surface area contributed by atoms with Crippen LogP contribution in [0.4, 0.5) is 0 Å². The number of carbonyl (C=O) groups excluding carboxylic acids is 2. The van der Waals surface area contributed by atoms with Crippen LogP contribution >= 0.6 is 0 Å². The average Bonchev–Trinajstić information content (AvgIpc) is 2.47. The largest absolute Gasteiger partial charge is 0.342 e. The SMILES string of the molecule is CCCN1C[C@@H](C(=O)NN)CC1=O. The topological polar surface area (TPSA) is 75.4 Å². The zero-order valence-electron chi connectivity index (χ0n) is 7.75. The number of carbonyl (C=O) groups is 2. The zero-order chi connectivity index (χ0) is 9.84. The molecule has 3 N–H and O–H groups in total. The highest BCUT2D eigenvalue weighted by Gasteiger charge is 2.33. The van der Waals surface area contributed by atoms with Gasteiger partial charge >= 0.3 is 0 Å². The van der Waals surface area contributed by atoms with E-state index in [1.54, 1.807) is 4.90 Å². The number of nitrogens with two attached hydrogens (primary N) is 1. The molecular weight excluding hydrogens is 170 g/mol. The second-order valence-electron chi connectivity index (χ2n) is 3.25. The van der Waals surface area contributed by atoms with Crippen LogP contribution in [0.15, 0.2) is 0 Å². The Morgan fingerprint density at radius 1 is 1.77 bits per heavy atom. The van der Waals surface area contributed by atoms with Gasteiger partial charge in [0.25, 0.3) is 0 Å². The maximum Gasteiger partial charge on any atom is 0.239 e. The van der Waals surface area contributed by atoms with Crippen LogP contribution in [0.25, 0.3) is 0 Å². The molecule has 1 saturated heterocycles. The van der Waals surface area contributed by atoms with Gasteiger partial charge in [0.15, 0.2) is 0 Å². The Morgan fingerprint density at radius 2 is 2.46 bits per heavy atom. The lowest BCUT2D eigenvalue weighted by Crippen LogP contribution is -2.37. The normalized spacial score (nSPS) is 22.2. The molecule has 0 aromatic carbocycles. The molecule has 1 fully saturated rings. The Balaban J connectivity index is 2.49. The molecule has 1 aliphatic rings. The van der Waals surface area contributed by atoms with Gasteiger partial charge in [-0.1, -0.05) is 6.92 Å². The van der Waals surface area contributed by atoms with Crippen molar-refractivity contribution in [3.8, 4) is 0 Å². The van der Waals surface area contributed by atoms with Gasteiger partial charge in [-0.25, -0.2) is 5.84 Å². The van der Waals surface area contributed by atoms with Gasteiger partial charge in [-0.2, -0.15) is 0 Å². The van der Waals surface area contributed by atoms with Crippen LogP contribution in [-0.2, 0) is 9.59 Å². The highest BCUT2D eigenvalue weighted by molar-refractivity contribution is 5.88. The Kier molecular flexibility index (Phi) is 3.25. The highest BCUT2D eigenvalue weighted by Crippen LogP contribution is 2.17. The lowest BCUT2D eigenvalue weighted by atomic mass is 10.1. The van der Waals surface area contributed by atoms with E-state index in [0.29, 0.717) is 13.0 Å². The molecule has 0 unspecified atom stereocenters. The molecule has 5 heteroatoms. The summed E-state index contributed by atoms with van der Waals surface area (Å²) in [5.74, 6) is 4.53. The summed E-state index contributed by atoms with van der Waals surface area (Å²) in [4.78, 5) is 24.1. The first-order chi connectivity index (χ1) is 6.19. The quantitative estimate of drug-likeness (QED) is 0.344. The van der Waals surface area contributed by atoms with Crippen molar-refractivity contribution in [2.75, 3.05) is 13.1 Å². The molecule has 1 atom stereocenters. The smallest absolute Gasteiger partial charge is 0.239 e. The summed E-state index contributed by atoms with van der Waals surface area (Å²) in [7, 11) is 0. The average molecular weight is 185 g/mol. The molecule has 1 heterocycles. The summed E-state index contributed by atoms with van der Waals surface area (Å²) in [6.07, 6.45) is 1.21. The van der Waals surface area contributed by atoms with E-state index in [-0.39, 0.29) is 17.7 Å². The third kappa shape index (κ3) is 2.18. The van der Waals surface area contributed by atoms with Crippen LogP contribution < -0.4 is 11.3 Å². The maximum atomic E-state index is 11.3. The second-order valence-corrected chi connectivity index (χ2v) is 3.25. The van der Waals surface area contributed by atoms with Gasteiger partial charge in [-0.3, -0.25) is 15.0 Å². The first-order valence-electron chi connectivity index (χ1n) is 4.47. The number of nitrogens with one attached hydrogen (secondary N) is 1. The third-order valence-corrected chi connectivity index (χ3v) is 2.22. The van der Waals surface area contributed by atoms with Crippen LogP contribution in [0.5, 0.6) is 0 Å². The molecule has 1 aliphatic heterocycles. The molecular formula is C8H15N3O2. The van der Waals surface area contributed by atoms with Gasteiger partial charge in [-0.05, 0) is 6.42 Å². The number of hydrogen-bond donors (Lipinski definition) is 2. The van der Waals surface area contributed by atoms with Crippen LogP contribution in [-0.4, -0.2) is 29.8 Å². The summed E-state index contributed by atoms with van der Waals surface area (Å²) in [5, 5.41) is 0. The van der Waals surface area contributed by atoms with Gasteiger partial charge in [0, 0.05) is 19.5 Å². The lowest BCUT2D eigenvalue weighted by Gasteiger charge is -2.14. The monoisotopic (exact) mass is 185 g/mol. The van der Waals surface area contributed by atoms with Crippen LogP contribution in [0.3, 0.4) is 0 Å². The van der Waals surface area contributed by atoms with Gasteiger partial charge in [-0.15, -0.1) is 0 Å². The van der Waals surface area contributed by atoms with Crippen molar-refractivity contribution in [1.29, 1.82) is 0 Å². The van der Waals surface area contributed by atoms with E-state index < -0.39 is 0 Å². The number of amides is 2. The molecule has 0 aromatic rings. The van der Waals surface area contributed by atoms with Crippen LogP contribution in [0, 0.1) is 5.92 Å². The molecule has 0 aromatic heterocycles. The first kappa shape index (κ1) is 9.98. The lowest BCUT2D eigenvalue weighted by molar-refractivity contribution is -0.129. The van der Waals surface area contributed by atoms with Crippen molar-refractivity contribution in [1.82, 2.24) is 10.3 Å². The van der Waals surface area contributed by atoms with Crippen molar-refractivity contribution >= 4 is 11.8 Å². The minimum Gasteiger partial charge on any atom is -0.342 e. The summed E-state index contributed by atoms with van der Waals surface area (Å²) in [5.41, 5.74) is 2.07. The molecule has 0 radical (unpaired) electrons. The van der Waals surface area contributed by atoms with Crippen molar-refractivity contribution < 1.29 is 9.59 Å². The molecule has 13 heavy (non-hydrogen) atoms. The second kappa shape index (κ2) is 4.23. The Morgan fingerprint density at radius 3 is 3.00 bits per heavy atom. The Labute approximate surface area is 77.2 Å². The van der Waals surface area contributed by atoms with E-state index in [4.69, 9.17) is 5.84 Å². The van der Waals surface area contributed by atoms with Gasteiger partial charge in [0.1, 0.15) is 0 Å². The predicted molar refractivity (Wildman–Crippen MR) is 47.3 cm³/mol. The van der Waals surface area contributed by atoms with E-state index in [1.165, 1.54) is 0 Å². The summed E-state index contributed by atoms with van der Waals surface area (Å²) >= 11 is 0. The highest BCUT2D eigenvalue weighted by atomic mass is 16.2. The van der Waals surface area contributed by atoms with E-state index in [0.717, 1.165) is 13.0 Å². The zero-order valence-corrected chi connectivity index (χ0v) is 7.75. The van der Waals surface area contributed by atoms with Gasteiger partial charge in [0.2, 0.25) is 11.8 Å². The third-order valence-electron chi connectivity index (χ3n) is 2.22. The number of rotatable bonds is 3. The van der Waals surface area contributed by atoms with Gasteiger partial charge in [0.05, 0.1) is 5.92 Å². The fourth-order valence-electron chi connectivity index (χ4n) is 1.55. The molecule has 2 amide bonds.